The zero-order valence-corrected chi connectivity index (χ0v) is 14.5. The number of amides is 1. The summed E-state index contributed by atoms with van der Waals surface area (Å²) in [6.45, 7) is 1.64. The van der Waals surface area contributed by atoms with E-state index in [4.69, 9.17) is 5.11 Å². The molecule has 0 aliphatic rings. The summed E-state index contributed by atoms with van der Waals surface area (Å²) in [7, 11) is 1.21. The van der Waals surface area contributed by atoms with Gasteiger partial charge in [0, 0.05) is 5.56 Å². The van der Waals surface area contributed by atoms with Crippen molar-refractivity contribution in [3.8, 4) is 11.1 Å². The van der Waals surface area contributed by atoms with Crippen molar-refractivity contribution < 1.29 is 19.4 Å². The Bertz CT molecular complexity index is 707. The minimum Gasteiger partial charge on any atom is -0.467 e. The molecule has 0 bridgehead atoms. The van der Waals surface area contributed by atoms with Gasteiger partial charge in [-0.25, -0.2) is 4.79 Å². The van der Waals surface area contributed by atoms with E-state index in [-0.39, 0.29) is 0 Å². The molecular weight excluding hydrogens is 318 g/mol. The van der Waals surface area contributed by atoms with E-state index in [0.29, 0.717) is 5.56 Å². The van der Waals surface area contributed by atoms with E-state index in [1.807, 2.05) is 12.1 Å². The van der Waals surface area contributed by atoms with Crippen molar-refractivity contribution in [3.63, 3.8) is 0 Å². The predicted octanol–water partition coefficient (Wildman–Crippen LogP) is 2.57. The Morgan fingerprint density at radius 1 is 1.04 bits per heavy atom. The number of benzene rings is 2. The first-order valence-corrected chi connectivity index (χ1v) is 8.28. The third kappa shape index (κ3) is 4.90. The van der Waals surface area contributed by atoms with Crippen LogP contribution in [-0.2, 0) is 16.0 Å². The molecule has 0 heterocycles. The van der Waals surface area contributed by atoms with Crippen LogP contribution in [0.3, 0.4) is 0 Å². The molecule has 0 aromatic heterocycles. The highest BCUT2D eigenvalue weighted by Gasteiger charge is 2.21. The van der Waals surface area contributed by atoms with E-state index in [1.165, 1.54) is 12.7 Å². The van der Waals surface area contributed by atoms with Crippen molar-refractivity contribution in [1.29, 1.82) is 0 Å². The van der Waals surface area contributed by atoms with Gasteiger partial charge in [-0.05, 0) is 35.2 Å². The van der Waals surface area contributed by atoms with Crippen molar-refractivity contribution in [2.45, 2.75) is 25.8 Å². The number of hydrogen-bond acceptors (Lipinski definition) is 4. The maximum absolute atomic E-state index is 12.2. The minimum atomic E-state index is -1.07. The molecule has 0 saturated heterocycles. The van der Waals surface area contributed by atoms with Crippen LogP contribution >= 0.6 is 0 Å². The summed E-state index contributed by atoms with van der Waals surface area (Å²) >= 11 is 0. The number of carbonyl (C=O) groups excluding carboxylic acids is 2. The summed E-state index contributed by atoms with van der Waals surface area (Å²) in [5, 5.41) is 11.6. The molecule has 2 aromatic carbocycles. The molecule has 2 rings (SSSR count). The maximum Gasteiger partial charge on any atom is 0.330 e. The first-order chi connectivity index (χ1) is 12.1. The summed E-state index contributed by atoms with van der Waals surface area (Å²) in [5.41, 5.74) is 3.80. The molecule has 1 atom stereocenters. The summed E-state index contributed by atoms with van der Waals surface area (Å²) in [4.78, 5) is 23.6. The SMILES string of the molecule is CCCc1ccc(-c2ccc(C(=O)N[C@H](CO)C(=O)OC)cc2)cc1. The second-order valence-electron chi connectivity index (χ2n) is 5.76. The molecule has 0 fully saturated rings. The fourth-order valence-corrected chi connectivity index (χ4v) is 2.53. The molecule has 1 amide bonds. The molecule has 2 N–H and O–H groups in total. The van der Waals surface area contributed by atoms with Gasteiger partial charge in [0.1, 0.15) is 0 Å². The van der Waals surface area contributed by atoms with Crippen molar-refractivity contribution in [3.05, 3.63) is 59.7 Å². The van der Waals surface area contributed by atoms with Gasteiger partial charge in [-0.15, -0.1) is 0 Å². The maximum atomic E-state index is 12.2. The normalized spacial score (nSPS) is 11.6. The lowest BCUT2D eigenvalue weighted by Crippen LogP contribution is -2.44. The third-order valence-electron chi connectivity index (χ3n) is 3.95. The molecule has 0 aliphatic carbocycles. The Labute approximate surface area is 147 Å². The molecule has 2 aromatic rings. The molecule has 0 aliphatic heterocycles. The second-order valence-corrected chi connectivity index (χ2v) is 5.76. The summed E-state index contributed by atoms with van der Waals surface area (Å²) in [5.74, 6) is -1.12. The Kier molecular flexibility index (Phi) is 6.71. The fraction of sp³-hybridized carbons (Fsp3) is 0.300. The Balaban J connectivity index is 2.08. The van der Waals surface area contributed by atoms with E-state index in [2.05, 4.69) is 41.2 Å². The first-order valence-electron chi connectivity index (χ1n) is 8.28. The molecule has 5 nitrogen and oxygen atoms in total. The van der Waals surface area contributed by atoms with Crippen LogP contribution in [0.15, 0.2) is 48.5 Å². The lowest BCUT2D eigenvalue weighted by Gasteiger charge is -2.14. The highest BCUT2D eigenvalue weighted by Crippen LogP contribution is 2.21. The first kappa shape index (κ1) is 18.7. The summed E-state index contributed by atoms with van der Waals surface area (Å²) < 4.78 is 4.53. The predicted molar refractivity (Wildman–Crippen MR) is 96.2 cm³/mol. The smallest absolute Gasteiger partial charge is 0.330 e. The van der Waals surface area contributed by atoms with Gasteiger partial charge in [-0.3, -0.25) is 4.79 Å². The second kappa shape index (κ2) is 8.99. The number of aliphatic hydroxyl groups excluding tert-OH is 1. The number of carbonyl (C=O) groups is 2. The van der Waals surface area contributed by atoms with Crippen molar-refractivity contribution >= 4 is 11.9 Å². The molecule has 0 unspecified atom stereocenters. The number of nitrogens with one attached hydrogen (secondary N) is 1. The van der Waals surface area contributed by atoms with E-state index in [1.54, 1.807) is 12.1 Å². The third-order valence-corrected chi connectivity index (χ3v) is 3.95. The van der Waals surface area contributed by atoms with Crippen LogP contribution in [0.1, 0.15) is 29.3 Å². The van der Waals surface area contributed by atoms with E-state index < -0.39 is 24.5 Å². The Morgan fingerprint density at radius 2 is 1.60 bits per heavy atom. The van der Waals surface area contributed by atoms with Crippen LogP contribution in [0.5, 0.6) is 0 Å². The molecule has 25 heavy (non-hydrogen) atoms. The largest absolute Gasteiger partial charge is 0.467 e. The van der Waals surface area contributed by atoms with Crippen molar-refractivity contribution in [1.82, 2.24) is 5.32 Å². The quantitative estimate of drug-likeness (QED) is 0.759. The number of rotatable bonds is 7. The lowest BCUT2D eigenvalue weighted by molar-refractivity contribution is -0.143. The molecule has 0 spiro atoms. The highest BCUT2D eigenvalue weighted by molar-refractivity contribution is 5.97. The standard InChI is InChI=1S/C20H23NO4/c1-3-4-14-5-7-15(8-6-14)16-9-11-17(12-10-16)19(23)21-18(13-22)20(24)25-2/h5-12,18,22H,3-4,13H2,1-2H3,(H,21,23)/t18-/m1/s1. The van der Waals surface area contributed by atoms with Gasteiger partial charge >= 0.3 is 5.97 Å². The van der Waals surface area contributed by atoms with Crippen molar-refractivity contribution in [2.24, 2.45) is 0 Å². The topological polar surface area (TPSA) is 75.6 Å². The van der Waals surface area contributed by atoms with Gasteiger partial charge < -0.3 is 15.2 Å². The van der Waals surface area contributed by atoms with Gasteiger partial charge in [0.2, 0.25) is 0 Å². The lowest BCUT2D eigenvalue weighted by atomic mass is 10.0. The van der Waals surface area contributed by atoms with Gasteiger partial charge in [-0.1, -0.05) is 49.7 Å². The zero-order valence-electron chi connectivity index (χ0n) is 14.5. The molecule has 0 radical (unpaired) electrons. The number of esters is 1. The van der Waals surface area contributed by atoms with Crippen LogP contribution in [-0.4, -0.2) is 36.7 Å². The summed E-state index contributed by atoms with van der Waals surface area (Å²) in [6.07, 6.45) is 2.18. The number of aliphatic hydroxyl groups is 1. The number of methoxy groups -OCH3 is 1. The number of ether oxygens (including phenoxy) is 1. The van der Waals surface area contributed by atoms with Gasteiger partial charge in [0.15, 0.2) is 6.04 Å². The molecule has 0 saturated carbocycles. The van der Waals surface area contributed by atoms with E-state index in [9.17, 15) is 9.59 Å². The van der Waals surface area contributed by atoms with Crippen LogP contribution in [0.25, 0.3) is 11.1 Å². The van der Waals surface area contributed by atoms with Gasteiger partial charge in [0.25, 0.3) is 5.91 Å². The van der Waals surface area contributed by atoms with Crippen LogP contribution in [0.4, 0.5) is 0 Å². The molecule has 5 heteroatoms. The Hall–Kier alpha value is -2.66. The molecule has 132 valence electrons. The van der Waals surface area contributed by atoms with E-state index >= 15 is 0 Å². The number of hydrogen-bond donors (Lipinski definition) is 2. The minimum absolute atomic E-state index is 0.411. The highest BCUT2D eigenvalue weighted by atomic mass is 16.5. The van der Waals surface area contributed by atoms with Gasteiger partial charge in [-0.2, -0.15) is 0 Å². The Morgan fingerprint density at radius 3 is 2.08 bits per heavy atom. The van der Waals surface area contributed by atoms with Crippen LogP contribution in [0.2, 0.25) is 0 Å². The van der Waals surface area contributed by atoms with Crippen molar-refractivity contribution in [2.75, 3.05) is 13.7 Å². The monoisotopic (exact) mass is 341 g/mol. The fourth-order valence-electron chi connectivity index (χ4n) is 2.53. The average molecular weight is 341 g/mol. The van der Waals surface area contributed by atoms with Crippen LogP contribution in [0, 0.1) is 0 Å². The molecular formula is C20H23NO4. The average Bonchev–Trinajstić information content (AvgIpc) is 2.66. The number of aryl methyl sites for hydroxylation is 1. The summed E-state index contributed by atoms with van der Waals surface area (Å²) in [6, 6.07) is 14.4. The van der Waals surface area contributed by atoms with Crippen LogP contribution < -0.4 is 5.32 Å². The van der Waals surface area contributed by atoms with Gasteiger partial charge in [0.05, 0.1) is 13.7 Å². The zero-order chi connectivity index (χ0) is 18.2. The van der Waals surface area contributed by atoms with E-state index in [0.717, 1.165) is 24.0 Å².